The summed E-state index contributed by atoms with van der Waals surface area (Å²) in [5.41, 5.74) is 0.464. The highest BCUT2D eigenvalue weighted by molar-refractivity contribution is 5.03. The predicted molar refractivity (Wildman–Crippen MR) is 40.4 cm³/mol. The minimum absolute atomic E-state index is 0.464. The van der Waals surface area contributed by atoms with Crippen molar-refractivity contribution in [1.82, 2.24) is 4.90 Å². The largest absolute Gasteiger partial charge is 0.290 e. The molecule has 0 aromatic rings. The second-order valence-corrected chi connectivity index (χ2v) is 3.78. The zero-order valence-electron chi connectivity index (χ0n) is 6.89. The van der Waals surface area contributed by atoms with Gasteiger partial charge in [-0.05, 0) is 18.9 Å². The van der Waals surface area contributed by atoms with Crippen molar-refractivity contribution < 1.29 is 0 Å². The molecule has 10 heavy (non-hydrogen) atoms. The molecule has 56 valence electrons. The number of nitrogens with zero attached hydrogens (tertiary/aromatic N) is 2. The van der Waals surface area contributed by atoms with E-state index in [-0.39, 0.29) is 0 Å². The number of nitriles is 1. The molecular formula is C8H14N2. The summed E-state index contributed by atoms with van der Waals surface area (Å²) in [5, 5.41) is 8.39. The summed E-state index contributed by atoms with van der Waals surface area (Å²) in [5.74, 6) is 0. The molecule has 0 N–H and O–H groups in total. The van der Waals surface area contributed by atoms with E-state index in [4.69, 9.17) is 5.26 Å². The maximum atomic E-state index is 8.39. The fourth-order valence-electron chi connectivity index (χ4n) is 1.41. The fourth-order valence-corrected chi connectivity index (χ4v) is 1.41. The molecule has 0 saturated heterocycles. The summed E-state index contributed by atoms with van der Waals surface area (Å²) in [6.07, 6.45) is 1.24. The number of hydrogen-bond donors (Lipinski definition) is 0. The Kier molecular flexibility index (Phi) is 1.70. The molecule has 0 aromatic carbocycles. The van der Waals surface area contributed by atoms with Crippen LogP contribution in [0.4, 0.5) is 0 Å². The van der Waals surface area contributed by atoms with Gasteiger partial charge in [0.25, 0.3) is 0 Å². The Bertz CT molecular complexity index is 167. The first-order valence-corrected chi connectivity index (χ1v) is 3.65. The average molecular weight is 138 g/mol. The Balaban J connectivity index is 2.34. The second kappa shape index (κ2) is 2.25. The molecule has 0 bridgehead atoms. The highest BCUT2D eigenvalue weighted by Gasteiger charge is 2.47. The normalized spacial score (nSPS) is 28.1. The van der Waals surface area contributed by atoms with Gasteiger partial charge in [-0.2, -0.15) is 5.26 Å². The van der Waals surface area contributed by atoms with Gasteiger partial charge in [0.15, 0.2) is 0 Å². The van der Waals surface area contributed by atoms with E-state index < -0.39 is 0 Å². The van der Waals surface area contributed by atoms with Crippen LogP contribution in [0.1, 0.15) is 20.3 Å². The summed E-state index contributed by atoms with van der Waals surface area (Å²) < 4.78 is 0. The van der Waals surface area contributed by atoms with Crippen molar-refractivity contribution >= 4 is 0 Å². The third-order valence-electron chi connectivity index (χ3n) is 2.31. The van der Waals surface area contributed by atoms with Gasteiger partial charge < -0.3 is 0 Å². The van der Waals surface area contributed by atoms with Crippen molar-refractivity contribution in [1.29, 1.82) is 5.26 Å². The number of rotatable bonds is 2. The molecule has 2 nitrogen and oxygen atoms in total. The van der Waals surface area contributed by atoms with E-state index in [0.29, 0.717) is 18.0 Å². The van der Waals surface area contributed by atoms with Crippen LogP contribution < -0.4 is 0 Å². The molecule has 0 heterocycles. The smallest absolute Gasteiger partial charge is 0.0866 e. The van der Waals surface area contributed by atoms with Crippen LogP contribution in [0.5, 0.6) is 0 Å². The molecule has 2 heteroatoms. The van der Waals surface area contributed by atoms with Gasteiger partial charge in [-0.3, -0.25) is 4.90 Å². The molecule has 1 saturated carbocycles. The summed E-state index contributed by atoms with van der Waals surface area (Å²) in [6.45, 7) is 5.05. The van der Waals surface area contributed by atoms with Crippen LogP contribution in [0.3, 0.4) is 0 Å². The minimum atomic E-state index is 0.464. The first-order valence-electron chi connectivity index (χ1n) is 3.65. The lowest BCUT2D eigenvalue weighted by Gasteiger charge is -2.13. The van der Waals surface area contributed by atoms with E-state index in [0.717, 1.165) is 0 Å². The lowest BCUT2D eigenvalue weighted by atomic mass is 10.2. The molecule has 0 aromatic heterocycles. The van der Waals surface area contributed by atoms with Crippen LogP contribution >= 0.6 is 0 Å². The topological polar surface area (TPSA) is 27.0 Å². The average Bonchev–Trinajstić information content (AvgIpc) is 2.41. The molecular weight excluding hydrogens is 124 g/mol. The van der Waals surface area contributed by atoms with Crippen LogP contribution in [0.2, 0.25) is 0 Å². The SMILES string of the molecule is CN(CC#N)C1CC1(C)C. The van der Waals surface area contributed by atoms with Crippen LogP contribution in [-0.2, 0) is 0 Å². The molecule has 0 spiro atoms. The molecule has 1 aliphatic carbocycles. The number of hydrogen-bond acceptors (Lipinski definition) is 2. The lowest BCUT2D eigenvalue weighted by molar-refractivity contribution is 0.319. The van der Waals surface area contributed by atoms with E-state index in [1.807, 2.05) is 7.05 Å². The van der Waals surface area contributed by atoms with Crippen molar-refractivity contribution in [2.24, 2.45) is 5.41 Å². The van der Waals surface area contributed by atoms with E-state index in [1.165, 1.54) is 6.42 Å². The Morgan fingerprint density at radius 2 is 2.20 bits per heavy atom. The van der Waals surface area contributed by atoms with Crippen molar-refractivity contribution in [3.05, 3.63) is 0 Å². The molecule has 1 fully saturated rings. The Hall–Kier alpha value is -0.550. The highest BCUT2D eigenvalue weighted by atomic mass is 15.2. The summed E-state index contributed by atoms with van der Waals surface area (Å²) in [6, 6.07) is 2.80. The van der Waals surface area contributed by atoms with Gasteiger partial charge in [-0.15, -0.1) is 0 Å². The van der Waals surface area contributed by atoms with Crippen molar-refractivity contribution in [3.8, 4) is 6.07 Å². The lowest BCUT2D eigenvalue weighted by Crippen LogP contribution is -2.24. The standard InChI is InChI=1S/C8H14N2/c1-8(2)6-7(8)10(3)5-4-9/h7H,5-6H2,1-3H3. The molecule has 0 amide bonds. The van der Waals surface area contributed by atoms with E-state index in [9.17, 15) is 0 Å². The summed E-state index contributed by atoms with van der Waals surface area (Å²) >= 11 is 0. The predicted octanol–water partition coefficient (Wildman–Crippen LogP) is 1.24. The van der Waals surface area contributed by atoms with Crippen LogP contribution in [-0.4, -0.2) is 24.5 Å². The Morgan fingerprint density at radius 3 is 2.50 bits per heavy atom. The van der Waals surface area contributed by atoms with E-state index >= 15 is 0 Å². The van der Waals surface area contributed by atoms with Gasteiger partial charge in [-0.1, -0.05) is 13.8 Å². The van der Waals surface area contributed by atoms with Crippen molar-refractivity contribution in [2.45, 2.75) is 26.3 Å². The monoisotopic (exact) mass is 138 g/mol. The molecule has 1 atom stereocenters. The summed E-state index contributed by atoms with van der Waals surface area (Å²) in [7, 11) is 2.02. The van der Waals surface area contributed by atoms with E-state index in [2.05, 4.69) is 24.8 Å². The fraction of sp³-hybridized carbons (Fsp3) is 0.875. The highest BCUT2D eigenvalue weighted by Crippen LogP contribution is 2.47. The molecule has 1 rings (SSSR count). The first kappa shape index (κ1) is 7.56. The third-order valence-corrected chi connectivity index (χ3v) is 2.31. The maximum absolute atomic E-state index is 8.39. The first-order chi connectivity index (χ1) is 4.58. The van der Waals surface area contributed by atoms with Crippen LogP contribution in [0.25, 0.3) is 0 Å². The van der Waals surface area contributed by atoms with Gasteiger partial charge in [0.2, 0.25) is 0 Å². The quantitative estimate of drug-likeness (QED) is 0.537. The van der Waals surface area contributed by atoms with Gasteiger partial charge in [-0.25, -0.2) is 0 Å². The zero-order chi connectivity index (χ0) is 7.78. The van der Waals surface area contributed by atoms with E-state index in [1.54, 1.807) is 0 Å². The Morgan fingerprint density at radius 1 is 1.70 bits per heavy atom. The van der Waals surface area contributed by atoms with Gasteiger partial charge in [0.05, 0.1) is 12.6 Å². The Labute approximate surface area is 62.4 Å². The van der Waals surface area contributed by atoms with Gasteiger partial charge in [0, 0.05) is 6.04 Å². The second-order valence-electron chi connectivity index (χ2n) is 3.78. The van der Waals surface area contributed by atoms with Gasteiger partial charge in [0.1, 0.15) is 0 Å². The maximum Gasteiger partial charge on any atom is 0.0866 e. The molecule has 1 aliphatic rings. The van der Waals surface area contributed by atoms with Crippen molar-refractivity contribution in [3.63, 3.8) is 0 Å². The van der Waals surface area contributed by atoms with Gasteiger partial charge >= 0.3 is 0 Å². The van der Waals surface area contributed by atoms with Crippen molar-refractivity contribution in [2.75, 3.05) is 13.6 Å². The third kappa shape index (κ3) is 1.30. The minimum Gasteiger partial charge on any atom is -0.290 e. The molecule has 0 aliphatic heterocycles. The molecule has 0 radical (unpaired) electrons. The van der Waals surface area contributed by atoms with Crippen LogP contribution in [0.15, 0.2) is 0 Å². The van der Waals surface area contributed by atoms with Crippen LogP contribution in [0, 0.1) is 16.7 Å². The molecule has 1 unspecified atom stereocenters. The zero-order valence-corrected chi connectivity index (χ0v) is 6.89. The summed E-state index contributed by atoms with van der Waals surface area (Å²) in [4.78, 5) is 2.12.